The fraction of sp³-hybridized carbons (Fsp3) is 0.556. The Bertz CT molecular complexity index is 593. The number of carbonyl (C=O) groups excluding carboxylic acids is 2. The SMILES string of the molecule is COOC(=O)Cc1cccc(C2CCCN2C(=O)OC(C)(C)C)c1. The number of rotatable bonds is 4. The lowest BCUT2D eigenvalue weighted by Crippen LogP contribution is -2.36. The number of likely N-dealkylation sites (tertiary alicyclic amines) is 1. The van der Waals surface area contributed by atoms with Gasteiger partial charge in [-0.25, -0.2) is 9.59 Å². The third kappa shape index (κ3) is 4.96. The molecule has 1 aromatic rings. The molecule has 0 saturated carbocycles. The molecule has 2 rings (SSSR count). The van der Waals surface area contributed by atoms with Crippen molar-refractivity contribution in [3.05, 3.63) is 35.4 Å². The zero-order valence-corrected chi connectivity index (χ0v) is 14.7. The lowest BCUT2D eigenvalue weighted by Gasteiger charge is -2.29. The molecule has 6 nitrogen and oxygen atoms in total. The van der Waals surface area contributed by atoms with Crippen molar-refractivity contribution in [3.8, 4) is 0 Å². The first-order valence-electron chi connectivity index (χ1n) is 8.12. The van der Waals surface area contributed by atoms with Crippen LogP contribution in [0, 0.1) is 0 Å². The van der Waals surface area contributed by atoms with Crippen LogP contribution in [0.2, 0.25) is 0 Å². The van der Waals surface area contributed by atoms with Crippen molar-refractivity contribution >= 4 is 12.1 Å². The van der Waals surface area contributed by atoms with E-state index in [1.807, 2.05) is 45.0 Å². The molecular weight excluding hydrogens is 310 g/mol. The van der Waals surface area contributed by atoms with Gasteiger partial charge < -0.3 is 9.64 Å². The Morgan fingerprint density at radius 1 is 1.29 bits per heavy atom. The van der Waals surface area contributed by atoms with Gasteiger partial charge in [0.05, 0.1) is 19.6 Å². The van der Waals surface area contributed by atoms with Gasteiger partial charge in [0.15, 0.2) is 0 Å². The van der Waals surface area contributed by atoms with Gasteiger partial charge in [0.25, 0.3) is 0 Å². The lowest BCUT2D eigenvalue weighted by molar-refractivity contribution is -0.254. The highest BCUT2D eigenvalue weighted by Crippen LogP contribution is 2.33. The maximum Gasteiger partial charge on any atom is 0.410 e. The number of benzene rings is 1. The number of ether oxygens (including phenoxy) is 1. The smallest absolute Gasteiger partial charge is 0.410 e. The Labute approximate surface area is 142 Å². The predicted octanol–water partition coefficient (Wildman–Crippen LogP) is 3.41. The summed E-state index contributed by atoms with van der Waals surface area (Å²) in [6.07, 6.45) is 1.64. The molecule has 0 spiro atoms. The average molecular weight is 335 g/mol. The van der Waals surface area contributed by atoms with Gasteiger partial charge in [-0.05, 0) is 44.7 Å². The van der Waals surface area contributed by atoms with Gasteiger partial charge in [-0.1, -0.05) is 24.3 Å². The predicted molar refractivity (Wildman–Crippen MR) is 88.2 cm³/mol. The van der Waals surface area contributed by atoms with E-state index in [9.17, 15) is 9.59 Å². The van der Waals surface area contributed by atoms with Crippen LogP contribution in [0.1, 0.15) is 50.8 Å². The van der Waals surface area contributed by atoms with Crippen molar-refractivity contribution in [1.82, 2.24) is 4.90 Å². The molecule has 0 bridgehead atoms. The number of hydrogen-bond donors (Lipinski definition) is 0. The summed E-state index contributed by atoms with van der Waals surface area (Å²) < 4.78 is 5.50. The van der Waals surface area contributed by atoms with Crippen LogP contribution in [-0.2, 0) is 25.7 Å². The molecule has 0 aromatic heterocycles. The van der Waals surface area contributed by atoms with Crippen molar-refractivity contribution in [2.75, 3.05) is 13.7 Å². The van der Waals surface area contributed by atoms with Gasteiger partial charge in [-0.3, -0.25) is 4.89 Å². The largest absolute Gasteiger partial charge is 0.444 e. The van der Waals surface area contributed by atoms with Crippen LogP contribution < -0.4 is 0 Å². The molecule has 1 atom stereocenters. The van der Waals surface area contributed by atoms with Gasteiger partial charge >= 0.3 is 12.1 Å². The van der Waals surface area contributed by atoms with Crippen LogP contribution in [0.15, 0.2) is 24.3 Å². The van der Waals surface area contributed by atoms with Crippen LogP contribution in [-0.4, -0.2) is 36.2 Å². The first-order chi connectivity index (χ1) is 11.3. The van der Waals surface area contributed by atoms with E-state index < -0.39 is 11.6 Å². The number of hydrogen-bond acceptors (Lipinski definition) is 5. The fourth-order valence-electron chi connectivity index (χ4n) is 2.85. The topological polar surface area (TPSA) is 65.1 Å². The molecule has 1 aliphatic rings. The van der Waals surface area contributed by atoms with Gasteiger partial charge in [0.1, 0.15) is 5.60 Å². The van der Waals surface area contributed by atoms with E-state index in [4.69, 9.17) is 4.74 Å². The normalized spacial score (nSPS) is 17.7. The summed E-state index contributed by atoms with van der Waals surface area (Å²) in [4.78, 5) is 34.6. The molecule has 0 radical (unpaired) electrons. The summed E-state index contributed by atoms with van der Waals surface area (Å²) in [5, 5.41) is 0. The second-order valence-corrected chi connectivity index (χ2v) is 6.88. The standard InChI is InChI=1S/C18H25NO5/c1-18(2,3)23-17(21)19-10-6-9-15(19)14-8-5-7-13(11-14)12-16(20)24-22-4/h5,7-8,11,15H,6,9-10,12H2,1-4H3. The van der Waals surface area contributed by atoms with E-state index in [0.717, 1.165) is 24.0 Å². The minimum atomic E-state index is -0.518. The highest BCUT2D eigenvalue weighted by atomic mass is 17.2. The summed E-state index contributed by atoms with van der Waals surface area (Å²) in [6.45, 7) is 6.25. The fourth-order valence-corrected chi connectivity index (χ4v) is 2.85. The maximum absolute atomic E-state index is 12.4. The zero-order valence-electron chi connectivity index (χ0n) is 14.7. The molecule has 1 fully saturated rings. The summed E-state index contributed by atoms with van der Waals surface area (Å²) in [7, 11) is 1.30. The summed E-state index contributed by atoms with van der Waals surface area (Å²) >= 11 is 0. The third-order valence-corrected chi connectivity index (χ3v) is 3.74. The molecule has 1 aromatic carbocycles. The molecule has 0 aliphatic carbocycles. The Morgan fingerprint density at radius 3 is 2.71 bits per heavy atom. The summed E-state index contributed by atoms with van der Waals surface area (Å²) in [6, 6.07) is 7.62. The van der Waals surface area contributed by atoms with E-state index in [1.165, 1.54) is 7.11 Å². The first-order valence-corrected chi connectivity index (χ1v) is 8.12. The molecule has 6 heteroatoms. The van der Waals surface area contributed by atoms with Gasteiger partial charge in [-0.15, -0.1) is 0 Å². The Morgan fingerprint density at radius 2 is 2.04 bits per heavy atom. The second-order valence-electron chi connectivity index (χ2n) is 6.88. The minimum Gasteiger partial charge on any atom is -0.444 e. The van der Waals surface area contributed by atoms with Crippen LogP contribution in [0.5, 0.6) is 0 Å². The highest BCUT2D eigenvalue weighted by molar-refractivity contribution is 5.72. The Hall–Kier alpha value is -2.08. The molecule has 132 valence electrons. The van der Waals surface area contributed by atoms with Crippen molar-refractivity contribution in [2.45, 2.75) is 51.7 Å². The van der Waals surface area contributed by atoms with Crippen LogP contribution in [0.25, 0.3) is 0 Å². The second kappa shape index (κ2) is 7.66. The van der Waals surface area contributed by atoms with E-state index in [0.29, 0.717) is 6.54 Å². The lowest BCUT2D eigenvalue weighted by atomic mass is 10.0. The van der Waals surface area contributed by atoms with Gasteiger partial charge in [0.2, 0.25) is 0 Å². The van der Waals surface area contributed by atoms with Crippen molar-refractivity contribution in [3.63, 3.8) is 0 Å². The number of amides is 1. The van der Waals surface area contributed by atoms with E-state index in [2.05, 4.69) is 9.78 Å². The highest BCUT2D eigenvalue weighted by Gasteiger charge is 2.33. The zero-order chi connectivity index (χ0) is 17.7. The van der Waals surface area contributed by atoms with E-state index >= 15 is 0 Å². The molecule has 1 aliphatic heterocycles. The molecule has 1 saturated heterocycles. The van der Waals surface area contributed by atoms with Gasteiger partial charge in [0, 0.05) is 6.54 Å². The molecule has 1 unspecified atom stereocenters. The van der Waals surface area contributed by atoms with E-state index in [-0.39, 0.29) is 18.6 Å². The monoisotopic (exact) mass is 335 g/mol. The Kier molecular flexibility index (Phi) is 5.83. The molecule has 24 heavy (non-hydrogen) atoms. The van der Waals surface area contributed by atoms with Crippen molar-refractivity contribution in [1.29, 1.82) is 0 Å². The molecule has 0 N–H and O–H groups in total. The first kappa shape index (κ1) is 18.3. The van der Waals surface area contributed by atoms with Crippen LogP contribution in [0.3, 0.4) is 0 Å². The Balaban J connectivity index is 2.12. The number of carbonyl (C=O) groups is 2. The van der Waals surface area contributed by atoms with Crippen LogP contribution in [0.4, 0.5) is 4.79 Å². The number of nitrogens with zero attached hydrogens (tertiary/aromatic N) is 1. The van der Waals surface area contributed by atoms with E-state index in [1.54, 1.807) is 4.90 Å². The van der Waals surface area contributed by atoms with Crippen LogP contribution >= 0.6 is 0 Å². The molecule has 1 amide bonds. The van der Waals surface area contributed by atoms with Crippen molar-refractivity contribution in [2.24, 2.45) is 0 Å². The summed E-state index contributed by atoms with van der Waals surface area (Å²) in [5.41, 5.74) is 1.31. The third-order valence-electron chi connectivity index (χ3n) is 3.74. The van der Waals surface area contributed by atoms with Crippen molar-refractivity contribution < 1.29 is 24.1 Å². The summed E-state index contributed by atoms with van der Waals surface area (Å²) in [5.74, 6) is -0.454. The molecular formula is C18H25NO5. The van der Waals surface area contributed by atoms with Gasteiger partial charge in [-0.2, -0.15) is 4.89 Å². The quantitative estimate of drug-likeness (QED) is 0.623. The minimum absolute atomic E-state index is 0.0294. The average Bonchev–Trinajstić information content (AvgIpc) is 2.95. The molecule has 1 heterocycles. The maximum atomic E-state index is 12.4.